The molecule has 0 radical (unpaired) electrons. The standard InChI is InChI=1S/C13H11ClN2O2/c1-2-18-11(17)5-3-4-9-8-16-13-12(9)10(14)6-7-15-13/h6-8H,2,5H2,1H3,(H,15,16). The molecule has 5 heteroatoms. The van der Waals surface area contributed by atoms with Crippen LogP contribution in [0.25, 0.3) is 11.0 Å². The summed E-state index contributed by atoms with van der Waals surface area (Å²) in [6.07, 6.45) is 3.41. The number of rotatable bonds is 2. The van der Waals surface area contributed by atoms with Crippen molar-refractivity contribution in [1.82, 2.24) is 9.97 Å². The second kappa shape index (κ2) is 5.56. The van der Waals surface area contributed by atoms with Crippen LogP contribution in [0.4, 0.5) is 0 Å². The minimum atomic E-state index is -0.325. The predicted molar refractivity (Wildman–Crippen MR) is 69.2 cm³/mol. The van der Waals surface area contributed by atoms with Gasteiger partial charge in [0.2, 0.25) is 0 Å². The van der Waals surface area contributed by atoms with E-state index in [0.29, 0.717) is 17.3 Å². The van der Waals surface area contributed by atoms with Gasteiger partial charge in [0.1, 0.15) is 12.1 Å². The number of carbonyl (C=O) groups excluding carboxylic acids is 1. The van der Waals surface area contributed by atoms with Gasteiger partial charge < -0.3 is 9.72 Å². The van der Waals surface area contributed by atoms with Crippen LogP contribution < -0.4 is 0 Å². The molecule has 0 bridgehead atoms. The normalized spacial score (nSPS) is 9.89. The van der Waals surface area contributed by atoms with Gasteiger partial charge in [-0.15, -0.1) is 0 Å². The topological polar surface area (TPSA) is 55.0 Å². The molecular weight excluding hydrogens is 252 g/mol. The number of fused-ring (bicyclic) bond motifs is 1. The fourth-order valence-corrected chi connectivity index (χ4v) is 1.79. The first-order valence-corrected chi connectivity index (χ1v) is 5.86. The molecule has 0 saturated carbocycles. The predicted octanol–water partition coefficient (Wildman–Crippen LogP) is 2.52. The highest BCUT2D eigenvalue weighted by atomic mass is 35.5. The van der Waals surface area contributed by atoms with Crippen LogP contribution in [0.5, 0.6) is 0 Å². The largest absolute Gasteiger partial charge is 0.465 e. The summed E-state index contributed by atoms with van der Waals surface area (Å²) < 4.78 is 4.78. The van der Waals surface area contributed by atoms with Crippen molar-refractivity contribution in [2.24, 2.45) is 0 Å². The van der Waals surface area contributed by atoms with Crippen molar-refractivity contribution in [3.05, 3.63) is 29.0 Å². The lowest BCUT2D eigenvalue weighted by Crippen LogP contribution is -2.01. The number of carbonyl (C=O) groups is 1. The molecule has 2 rings (SSSR count). The van der Waals surface area contributed by atoms with Crippen molar-refractivity contribution in [3.63, 3.8) is 0 Å². The molecule has 0 aromatic carbocycles. The van der Waals surface area contributed by atoms with E-state index in [9.17, 15) is 4.79 Å². The van der Waals surface area contributed by atoms with E-state index >= 15 is 0 Å². The molecule has 92 valence electrons. The van der Waals surface area contributed by atoms with Crippen molar-refractivity contribution in [2.75, 3.05) is 6.61 Å². The Hall–Kier alpha value is -1.99. The van der Waals surface area contributed by atoms with Crippen LogP contribution in [0.2, 0.25) is 5.02 Å². The summed E-state index contributed by atoms with van der Waals surface area (Å²) in [7, 11) is 0. The van der Waals surface area contributed by atoms with Crippen LogP contribution in [0.1, 0.15) is 18.9 Å². The van der Waals surface area contributed by atoms with Gasteiger partial charge in [-0.2, -0.15) is 0 Å². The monoisotopic (exact) mass is 262 g/mol. The van der Waals surface area contributed by atoms with Gasteiger partial charge in [0, 0.05) is 12.4 Å². The maximum absolute atomic E-state index is 11.1. The van der Waals surface area contributed by atoms with Crippen LogP contribution >= 0.6 is 11.6 Å². The third kappa shape index (κ3) is 2.63. The van der Waals surface area contributed by atoms with Gasteiger partial charge in [0.15, 0.2) is 0 Å². The molecular formula is C13H11ClN2O2. The fourth-order valence-electron chi connectivity index (χ4n) is 1.54. The molecule has 0 amide bonds. The summed E-state index contributed by atoms with van der Waals surface area (Å²) in [5.74, 6) is 5.33. The molecule has 0 saturated heterocycles. The van der Waals surface area contributed by atoms with Crippen LogP contribution in [0.15, 0.2) is 18.5 Å². The van der Waals surface area contributed by atoms with Crippen LogP contribution in [-0.4, -0.2) is 22.5 Å². The van der Waals surface area contributed by atoms with E-state index in [2.05, 4.69) is 21.8 Å². The lowest BCUT2D eigenvalue weighted by molar-refractivity contribution is -0.141. The van der Waals surface area contributed by atoms with Crippen molar-refractivity contribution < 1.29 is 9.53 Å². The summed E-state index contributed by atoms with van der Waals surface area (Å²) in [5, 5.41) is 1.36. The van der Waals surface area contributed by atoms with E-state index in [0.717, 1.165) is 10.9 Å². The molecule has 0 aliphatic rings. The molecule has 0 aliphatic heterocycles. The van der Waals surface area contributed by atoms with Gasteiger partial charge in [-0.05, 0) is 13.0 Å². The summed E-state index contributed by atoms with van der Waals surface area (Å²) in [6.45, 7) is 2.12. The maximum atomic E-state index is 11.1. The average Bonchev–Trinajstić information content (AvgIpc) is 2.74. The SMILES string of the molecule is CCOC(=O)CC#Cc1c[nH]c2nccc(Cl)c12. The maximum Gasteiger partial charge on any atom is 0.317 e. The number of nitrogens with zero attached hydrogens (tertiary/aromatic N) is 1. The third-order valence-corrected chi connectivity index (χ3v) is 2.60. The van der Waals surface area contributed by atoms with E-state index in [1.54, 1.807) is 25.4 Å². The van der Waals surface area contributed by atoms with Gasteiger partial charge in [-0.1, -0.05) is 23.4 Å². The first-order valence-electron chi connectivity index (χ1n) is 5.48. The summed E-state index contributed by atoms with van der Waals surface area (Å²) in [4.78, 5) is 18.2. The van der Waals surface area contributed by atoms with E-state index in [-0.39, 0.29) is 12.4 Å². The Morgan fingerprint density at radius 2 is 2.44 bits per heavy atom. The fraction of sp³-hybridized carbons (Fsp3) is 0.231. The molecule has 4 nitrogen and oxygen atoms in total. The van der Waals surface area contributed by atoms with Gasteiger partial charge in [0.25, 0.3) is 0 Å². The quantitative estimate of drug-likeness (QED) is 0.668. The second-order valence-electron chi connectivity index (χ2n) is 3.50. The molecule has 0 aliphatic carbocycles. The number of nitrogens with one attached hydrogen (secondary N) is 1. The van der Waals surface area contributed by atoms with E-state index in [1.807, 2.05) is 0 Å². The van der Waals surface area contributed by atoms with Crippen molar-refractivity contribution in [3.8, 4) is 11.8 Å². The number of pyridine rings is 1. The van der Waals surface area contributed by atoms with E-state index in [4.69, 9.17) is 16.3 Å². The summed E-state index contributed by atoms with van der Waals surface area (Å²) in [6, 6.07) is 1.70. The van der Waals surface area contributed by atoms with Crippen molar-refractivity contribution in [2.45, 2.75) is 13.3 Å². The Kier molecular flexibility index (Phi) is 3.85. The second-order valence-corrected chi connectivity index (χ2v) is 3.91. The van der Waals surface area contributed by atoms with Gasteiger partial charge in [-0.3, -0.25) is 4.79 Å². The number of hydrogen-bond donors (Lipinski definition) is 1. The van der Waals surface area contributed by atoms with Crippen molar-refractivity contribution in [1.29, 1.82) is 0 Å². The minimum Gasteiger partial charge on any atom is -0.465 e. The third-order valence-electron chi connectivity index (χ3n) is 2.28. The lowest BCUT2D eigenvalue weighted by Gasteiger charge is -1.95. The first-order chi connectivity index (χ1) is 8.72. The number of aromatic nitrogens is 2. The molecule has 18 heavy (non-hydrogen) atoms. The molecule has 2 heterocycles. The van der Waals surface area contributed by atoms with E-state index < -0.39 is 0 Å². The Balaban J connectivity index is 2.23. The molecule has 0 spiro atoms. The summed E-state index contributed by atoms with van der Waals surface area (Å²) >= 11 is 6.08. The summed E-state index contributed by atoms with van der Waals surface area (Å²) in [5.41, 5.74) is 1.41. The highest BCUT2D eigenvalue weighted by Gasteiger charge is 2.06. The number of esters is 1. The highest BCUT2D eigenvalue weighted by molar-refractivity contribution is 6.35. The molecule has 2 aromatic rings. The van der Waals surface area contributed by atoms with Crippen LogP contribution in [0, 0.1) is 11.8 Å². The van der Waals surface area contributed by atoms with Gasteiger partial charge in [0.05, 0.1) is 22.6 Å². The number of aromatic amines is 1. The molecule has 2 aromatic heterocycles. The first kappa shape index (κ1) is 12.5. The Morgan fingerprint density at radius 1 is 1.61 bits per heavy atom. The van der Waals surface area contributed by atoms with E-state index in [1.165, 1.54) is 0 Å². The number of hydrogen-bond acceptors (Lipinski definition) is 3. The highest BCUT2D eigenvalue weighted by Crippen LogP contribution is 2.23. The smallest absolute Gasteiger partial charge is 0.317 e. The molecule has 0 unspecified atom stereocenters. The molecule has 0 fully saturated rings. The zero-order valence-electron chi connectivity index (χ0n) is 9.79. The Morgan fingerprint density at radius 3 is 3.22 bits per heavy atom. The van der Waals surface area contributed by atoms with Crippen LogP contribution in [-0.2, 0) is 9.53 Å². The van der Waals surface area contributed by atoms with Gasteiger partial charge >= 0.3 is 5.97 Å². The number of ether oxygens (including phenoxy) is 1. The number of H-pyrrole nitrogens is 1. The number of halogens is 1. The Labute approximate surface area is 109 Å². The molecule has 1 N–H and O–H groups in total. The zero-order chi connectivity index (χ0) is 13.0. The Bertz CT molecular complexity index is 637. The lowest BCUT2D eigenvalue weighted by atomic mass is 10.2. The zero-order valence-corrected chi connectivity index (χ0v) is 10.5. The van der Waals surface area contributed by atoms with Crippen LogP contribution in [0.3, 0.4) is 0 Å². The van der Waals surface area contributed by atoms with Gasteiger partial charge in [-0.25, -0.2) is 4.98 Å². The molecule has 0 atom stereocenters. The average molecular weight is 263 g/mol. The minimum absolute atomic E-state index is 0.0679. The van der Waals surface area contributed by atoms with Crippen molar-refractivity contribution >= 4 is 28.6 Å².